The fourth-order valence-electron chi connectivity index (χ4n) is 0.505. The van der Waals surface area contributed by atoms with Gasteiger partial charge in [0.15, 0.2) is 0 Å². The molecule has 1 heterocycles. The van der Waals surface area contributed by atoms with Crippen LogP contribution in [0, 0.1) is 0 Å². The summed E-state index contributed by atoms with van der Waals surface area (Å²) in [6.07, 6.45) is 0. The second-order valence-electron chi connectivity index (χ2n) is 1.60. The lowest BCUT2D eigenvalue weighted by Crippen LogP contribution is -1.96. The lowest BCUT2D eigenvalue weighted by Gasteiger charge is -1.97. The summed E-state index contributed by atoms with van der Waals surface area (Å²) in [6.45, 7) is 0. The first-order valence-corrected chi connectivity index (χ1v) is 2.94. The van der Waals surface area contributed by atoms with Gasteiger partial charge in [-0.3, -0.25) is 0 Å². The molecule has 62 valence electrons. The minimum absolute atomic E-state index is 0. The number of hydrogen-bond acceptors (Lipinski definition) is 4. The van der Waals surface area contributed by atoms with E-state index in [2.05, 4.69) is 14.7 Å². The van der Waals surface area contributed by atoms with Crippen molar-refractivity contribution in [3.63, 3.8) is 0 Å². The Bertz CT molecular complexity index is 223. The zero-order valence-electron chi connectivity index (χ0n) is 5.74. The lowest BCUT2D eigenvalue weighted by molar-refractivity contribution is 0.380. The van der Waals surface area contributed by atoms with Gasteiger partial charge in [-0.15, -0.1) is 12.4 Å². The Hall–Kier alpha value is -0.740. The molecule has 0 amide bonds. The Labute approximate surface area is 75.1 Å². The number of nitrogens with two attached hydrogens (primary N) is 1. The Morgan fingerprint density at radius 1 is 1.55 bits per heavy atom. The molecule has 0 aliphatic heterocycles. The minimum Gasteiger partial charge on any atom is -0.467 e. The summed E-state index contributed by atoms with van der Waals surface area (Å²) in [7, 11) is 1.45. The number of halogens is 2. The quantitative estimate of drug-likeness (QED) is 0.684. The average molecular weight is 196 g/mol. The monoisotopic (exact) mass is 195 g/mol. The van der Waals surface area contributed by atoms with Crippen LogP contribution in [-0.2, 0) is 0 Å². The first-order chi connectivity index (χ1) is 4.72. The first kappa shape index (κ1) is 10.3. The summed E-state index contributed by atoms with van der Waals surface area (Å²) >= 11 is 5.52. The Morgan fingerprint density at radius 2 is 2.18 bits per heavy atom. The molecule has 0 bridgehead atoms. The summed E-state index contributed by atoms with van der Waals surface area (Å²) in [5, 5.41) is 0.282. The highest BCUT2D eigenvalue weighted by Crippen LogP contribution is 2.11. The van der Waals surface area contributed by atoms with Gasteiger partial charge in [-0.1, -0.05) is 11.6 Å². The van der Waals surface area contributed by atoms with E-state index in [0.717, 1.165) is 0 Å². The van der Waals surface area contributed by atoms with Crippen molar-refractivity contribution in [2.24, 2.45) is 0 Å². The van der Waals surface area contributed by atoms with Crippen molar-refractivity contribution in [1.29, 1.82) is 0 Å². The Kier molecular flexibility index (Phi) is 3.92. The van der Waals surface area contributed by atoms with E-state index in [9.17, 15) is 0 Å². The number of ether oxygens (including phenoxy) is 1. The van der Waals surface area contributed by atoms with Gasteiger partial charge in [0, 0.05) is 6.07 Å². The fourth-order valence-corrected chi connectivity index (χ4v) is 0.689. The van der Waals surface area contributed by atoms with Crippen molar-refractivity contribution in [2.45, 2.75) is 0 Å². The molecule has 4 nitrogen and oxygen atoms in total. The van der Waals surface area contributed by atoms with Gasteiger partial charge in [-0.05, 0) is 0 Å². The molecule has 1 rings (SSSR count). The number of aromatic nitrogens is 2. The maximum Gasteiger partial charge on any atom is 0.319 e. The molecule has 0 aromatic carbocycles. The molecule has 1 aromatic rings. The molecule has 0 fully saturated rings. The smallest absolute Gasteiger partial charge is 0.319 e. The zero-order valence-corrected chi connectivity index (χ0v) is 7.32. The van der Waals surface area contributed by atoms with Crippen LogP contribution in [0.25, 0.3) is 0 Å². The highest BCUT2D eigenvalue weighted by Gasteiger charge is 1.97. The lowest BCUT2D eigenvalue weighted by atomic mass is 10.6. The van der Waals surface area contributed by atoms with Crippen LogP contribution in [0.4, 0.5) is 5.82 Å². The summed E-state index contributed by atoms with van der Waals surface area (Å²) in [5.41, 5.74) is 5.32. The molecule has 11 heavy (non-hydrogen) atoms. The van der Waals surface area contributed by atoms with Crippen LogP contribution in [0.3, 0.4) is 0 Å². The van der Waals surface area contributed by atoms with Gasteiger partial charge in [0.05, 0.1) is 7.11 Å². The molecular formula is C5H7Cl2N3O. The molecule has 0 radical (unpaired) electrons. The molecule has 0 spiro atoms. The number of anilines is 1. The molecular weight excluding hydrogens is 189 g/mol. The van der Waals surface area contributed by atoms with Crippen molar-refractivity contribution in [1.82, 2.24) is 9.97 Å². The minimum atomic E-state index is 0. The summed E-state index contributed by atoms with van der Waals surface area (Å²) in [5.74, 6) is 0.303. The van der Waals surface area contributed by atoms with Gasteiger partial charge < -0.3 is 10.5 Å². The van der Waals surface area contributed by atoms with Crippen molar-refractivity contribution >= 4 is 29.8 Å². The molecule has 6 heteroatoms. The van der Waals surface area contributed by atoms with E-state index < -0.39 is 0 Å². The maximum atomic E-state index is 5.52. The van der Waals surface area contributed by atoms with Gasteiger partial charge in [0.25, 0.3) is 0 Å². The topological polar surface area (TPSA) is 61.0 Å². The second-order valence-corrected chi connectivity index (χ2v) is 1.99. The highest BCUT2D eigenvalue weighted by molar-refractivity contribution is 6.29. The summed E-state index contributed by atoms with van der Waals surface area (Å²) in [6, 6.07) is 1.63. The van der Waals surface area contributed by atoms with Crippen LogP contribution >= 0.6 is 24.0 Å². The third-order valence-electron chi connectivity index (χ3n) is 0.877. The molecule has 0 saturated heterocycles. The van der Waals surface area contributed by atoms with E-state index >= 15 is 0 Å². The zero-order chi connectivity index (χ0) is 7.56. The molecule has 0 atom stereocenters. The Morgan fingerprint density at radius 3 is 2.64 bits per heavy atom. The van der Waals surface area contributed by atoms with E-state index in [4.69, 9.17) is 17.3 Å². The number of nitrogen functional groups attached to an aromatic ring is 1. The normalized spacial score (nSPS) is 8.55. The van der Waals surface area contributed by atoms with E-state index in [-0.39, 0.29) is 23.6 Å². The summed E-state index contributed by atoms with van der Waals surface area (Å²) in [4.78, 5) is 7.42. The predicted molar refractivity (Wildman–Crippen MR) is 45.3 cm³/mol. The highest BCUT2D eigenvalue weighted by atomic mass is 35.5. The molecule has 1 aromatic heterocycles. The number of nitrogens with zero attached hydrogens (tertiary/aromatic N) is 2. The molecule has 2 N–H and O–H groups in total. The molecule has 0 unspecified atom stereocenters. The van der Waals surface area contributed by atoms with E-state index in [1.54, 1.807) is 0 Å². The van der Waals surface area contributed by atoms with Gasteiger partial charge in [0.2, 0.25) is 0 Å². The standard InChI is InChI=1S/C5H6ClN3O.ClH/c1-10-5-8-3(6)2-4(7)9-5;/h2H,1H3,(H2,7,8,9);1H. The van der Waals surface area contributed by atoms with Crippen molar-refractivity contribution in [3.05, 3.63) is 11.2 Å². The van der Waals surface area contributed by atoms with Crippen LogP contribution in [0.15, 0.2) is 6.07 Å². The molecule has 0 saturated carbocycles. The maximum absolute atomic E-state index is 5.52. The van der Waals surface area contributed by atoms with E-state index in [1.807, 2.05) is 0 Å². The second kappa shape index (κ2) is 4.20. The summed E-state index contributed by atoms with van der Waals surface area (Å²) < 4.78 is 4.69. The SMILES string of the molecule is COc1nc(N)cc(Cl)n1.Cl. The first-order valence-electron chi connectivity index (χ1n) is 2.56. The number of methoxy groups -OCH3 is 1. The van der Waals surface area contributed by atoms with Crippen molar-refractivity contribution in [2.75, 3.05) is 12.8 Å². The molecule has 0 aliphatic rings. The van der Waals surface area contributed by atoms with Gasteiger partial charge in [0.1, 0.15) is 11.0 Å². The van der Waals surface area contributed by atoms with E-state index in [1.165, 1.54) is 13.2 Å². The van der Waals surface area contributed by atoms with Crippen molar-refractivity contribution in [3.8, 4) is 6.01 Å². The van der Waals surface area contributed by atoms with Crippen LogP contribution in [0.2, 0.25) is 5.15 Å². The third kappa shape index (κ3) is 2.78. The number of hydrogen-bond donors (Lipinski definition) is 1. The third-order valence-corrected chi connectivity index (χ3v) is 1.07. The van der Waals surface area contributed by atoms with Crippen molar-refractivity contribution < 1.29 is 4.74 Å². The Balaban J connectivity index is 0.000001000. The average Bonchev–Trinajstić information content (AvgIpc) is 1.85. The largest absolute Gasteiger partial charge is 0.467 e. The fraction of sp³-hybridized carbons (Fsp3) is 0.200. The van der Waals surface area contributed by atoms with Crippen LogP contribution in [0.5, 0.6) is 6.01 Å². The predicted octanol–water partition coefficient (Wildman–Crippen LogP) is 1.14. The van der Waals surface area contributed by atoms with E-state index in [0.29, 0.717) is 5.82 Å². The van der Waals surface area contributed by atoms with Crippen LogP contribution in [-0.4, -0.2) is 17.1 Å². The van der Waals surface area contributed by atoms with Gasteiger partial charge in [-0.25, -0.2) is 0 Å². The molecule has 0 aliphatic carbocycles. The van der Waals surface area contributed by atoms with Crippen LogP contribution < -0.4 is 10.5 Å². The van der Waals surface area contributed by atoms with Gasteiger partial charge in [-0.2, -0.15) is 9.97 Å². The number of rotatable bonds is 1. The van der Waals surface area contributed by atoms with Crippen LogP contribution in [0.1, 0.15) is 0 Å². The van der Waals surface area contributed by atoms with Gasteiger partial charge >= 0.3 is 6.01 Å².